The monoisotopic (exact) mass is 320 g/mol. The molecule has 112 valence electrons. The third-order valence-electron chi connectivity index (χ3n) is 3.38. The van der Waals surface area contributed by atoms with Crippen LogP contribution in [0.3, 0.4) is 0 Å². The summed E-state index contributed by atoms with van der Waals surface area (Å²) in [6.45, 7) is 4.18. The van der Waals surface area contributed by atoms with Crippen molar-refractivity contribution >= 4 is 34.2 Å². The van der Waals surface area contributed by atoms with Gasteiger partial charge < -0.3 is 0 Å². The third kappa shape index (κ3) is 4.35. The summed E-state index contributed by atoms with van der Waals surface area (Å²) in [5.41, 5.74) is 0. The Morgan fingerprint density at radius 3 is 1.57 bits per heavy atom. The van der Waals surface area contributed by atoms with Crippen molar-refractivity contribution < 1.29 is 9.59 Å². The van der Waals surface area contributed by atoms with Gasteiger partial charge in [-0.25, -0.2) is 0 Å². The first-order valence-corrected chi connectivity index (χ1v) is 9.01. The van der Waals surface area contributed by atoms with E-state index < -0.39 is 0 Å². The zero-order valence-corrected chi connectivity index (χ0v) is 14.1. The maximum atomic E-state index is 12.0. The van der Waals surface area contributed by atoms with Crippen LogP contribution in [0.2, 0.25) is 0 Å². The highest BCUT2D eigenvalue weighted by Gasteiger charge is 2.12. The van der Waals surface area contributed by atoms with Gasteiger partial charge in [-0.15, -0.1) is 22.7 Å². The Kier molecular flexibility index (Phi) is 5.88. The average molecular weight is 320 g/mol. The van der Waals surface area contributed by atoms with E-state index in [1.807, 2.05) is 24.3 Å². The van der Waals surface area contributed by atoms with Crippen LogP contribution in [-0.4, -0.2) is 11.6 Å². The molecule has 0 bridgehead atoms. The average Bonchev–Trinajstić information content (AvgIpc) is 3.15. The largest absolute Gasteiger partial charge is 0.293 e. The van der Waals surface area contributed by atoms with Crippen LogP contribution < -0.4 is 0 Å². The van der Waals surface area contributed by atoms with Crippen molar-refractivity contribution in [3.05, 3.63) is 43.8 Å². The first-order chi connectivity index (χ1) is 10.1. The van der Waals surface area contributed by atoms with Crippen LogP contribution in [0, 0.1) is 0 Å². The molecule has 2 heterocycles. The minimum absolute atomic E-state index is 0.160. The zero-order valence-electron chi connectivity index (χ0n) is 12.5. The van der Waals surface area contributed by atoms with E-state index in [0.29, 0.717) is 19.3 Å². The number of hydrogen-bond acceptors (Lipinski definition) is 4. The maximum Gasteiger partial charge on any atom is 0.172 e. The summed E-state index contributed by atoms with van der Waals surface area (Å²) in [6.07, 6.45) is 3.49. The summed E-state index contributed by atoms with van der Waals surface area (Å²) in [6, 6.07) is 7.84. The Hall–Kier alpha value is -1.26. The summed E-state index contributed by atoms with van der Waals surface area (Å²) in [5.74, 6) is 0.320. The molecule has 0 aliphatic heterocycles. The van der Waals surface area contributed by atoms with Crippen LogP contribution >= 0.6 is 22.7 Å². The van der Waals surface area contributed by atoms with Gasteiger partial charge in [0, 0.05) is 22.6 Å². The number of thiophene rings is 2. The van der Waals surface area contributed by atoms with Crippen LogP contribution in [0.15, 0.2) is 24.3 Å². The Morgan fingerprint density at radius 2 is 1.24 bits per heavy atom. The van der Waals surface area contributed by atoms with Crippen molar-refractivity contribution in [2.45, 2.75) is 46.0 Å². The lowest BCUT2D eigenvalue weighted by Crippen LogP contribution is -2.00. The molecule has 0 fully saturated rings. The van der Waals surface area contributed by atoms with E-state index in [2.05, 4.69) is 13.8 Å². The standard InChI is InChI=1S/C17H20O2S2/c1-3-12-8-10-16(20-12)14(18)6-5-7-15(19)17-11-9-13(4-2)21-17/h8-11H,3-7H2,1-2H3. The second-order valence-electron chi connectivity index (χ2n) is 4.94. The topological polar surface area (TPSA) is 34.1 Å². The highest BCUT2D eigenvalue weighted by atomic mass is 32.1. The fourth-order valence-electron chi connectivity index (χ4n) is 2.09. The Morgan fingerprint density at radius 1 is 0.810 bits per heavy atom. The van der Waals surface area contributed by atoms with Crippen LogP contribution in [0.25, 0.3) is 0 Å². The molecule has 0 radical (unpaired) electrons. The lowest BCUT2D eigenvalue weighted by Gasteiger charge is -1.98. The summed E-state index contributed by atoms with van der Waals surface area (Å²) in [5, 5.41) is 0. The normalized spacial score (nSPS) is 10.8. The van der Waals surface area contributed by atoms with Gasteiger partial charge in [0.15, 0.2) is 11.6 Å². The summed E-state index contributed by atoms with van der Waals surface area (Å²) >= 11 is 3.14. The van der Waals surface area contributed by atoms with E-state index in [9.17, 15) is 9.59 Å². The van der Waals surface area contributed by atoms with E-state index in [4.69, 9.17) is 0 Å². The molecule has 2 aromatic heterocycles. The van der Waals surface area contributed by atoms with Crippen LogP contribution in [0.5, 0.6) is 0 Å². The molecule has 0 unspecified atom stereocenters. The van der Waals surface area contributed by atoms with Gasteiger partial charge in [-0.1, -0.05) is 13.8 Å². The zero-order chi connectivity index (χ0) is 15.2. The first-order valence-electron chi connectivity index (χ1n) is 7.37. The molecule has 4 heteroatoms. The van der Waals surface area contributed by atoms with Gasteiger partial charge in [0.25, 0.3) is 0 Å². The van der Waals surface area contributed by atoms with Gasteiger partial charge in [-0.2, -0.15) is 0 Å². The summed E-state index contributed by atoms with van der Waals surface area (Å²) in [7, 11) is 0. The molecule has 0 amide bonds. The van der Waals surface area contributed by atoms with Crippen molar-refractivity contribution in [3.8, 4) is 0 Å². The van der Waals surface area contributed by atoms with Crippen LogP contribution in [0.4, 0.5) is 0 Å². The molecular formula is C17H20O2S2. The number of Topliss-reactive ketones (excluding diaryl/α,β-unsaturated/α-hetero) is 2. The molecule has 0 aromatic carbocycles. The molecule has 2 rings (SSSR count). The van der Waals surface area contributed by atoms with Crippen molar-refractivity contribution in [1.29, 1.82) is 0 Å². The van der Waals surface area contributed by atoms with Crippen LogP contribution in [0.1, 0.15) is 62.2 Å². The van der Waals surface area contributed by atoms with E-state index in [-0.39, 0.29) is 11.6 Å². The number of aryl methyl sites for hydroxylation is 2. The molecule has 2 nitrogen and oxygen atoms in total. The van der Waals surface area contributed by atoms with Gasteiger partial charge >= 0.3 is 0 Å². The van der Waals surface area contributed by atoms with Crippen molar-refractivity contribution in [1.82, 2.24) is 0 Å². The summed E-state index contributed by atoms with van der Waals surface area (Å²) in [4.78, 5) is 28.2. The Balaban J connectivity index is 1.80. The molecular weight excluding hydrogens is 300 g/mol. The lowest BCUT2D eigenvalue weighted by molar-refractivity contribution is 0.0961. The van der Waals surface area contributed by atoms with Gasteiger partial charge in [0.05, 0.1) is 9.75 Å². The quantitative estimate of drug-likeness (QED) is 0.629. The molecule has 0 saturated carbocycles. The minimum atomic E-state index is 0.160. The number of carbonyl (C=O) groups excluding carboxylic acids is 2. The third-order valence-corrected chi connectivity index (χ3v) is 5.92. The second kappa shape index (κ2) is 7.66. The number of rotatable bonds is 8. The van der Waals surface area contributed by atoms with Gasteiger partial charge in [0.2, 0.25) is 0 Å². The molecule has 0 saturated heterocycles. The molecule has 2 aromatic rings. The highest BCUT2D eigenvalue weighted by Crippen LogP contribution is 2.21. The van der Waals surface area contributed by atoms with E-state index >= 15 is 0 Å². The van der Waals surface area contributed by atoms with E-state index in [1.54, 1.807) is 22.7 Å². The fourth-order valence-corrected chi connectivity index (χ4v) is 3.92. The van der Waals surface area contributed by atoms with Gasteiger partial charge in [0.1, 0.15) is 0 Å². The van der Waals surface area contributed by atoms with Gasteiger partial charge in [-0.3, -0.25) is 9.59 Å². The van der Waals surface area contributed by atoms with Crippen molar-refractivity contribution in [3.63, 3.8) is 0 Å². The predicted octanol–water partition coefficient (Wildman–Crippen LogP) is 5.17. The second-order valence-corrected chi connectivity index (χ2v) is 7.28. The minimum Gasteiger partial charge on any atom is -0.293 e. The first kappa shape index (κ1) is 16.1. The van der Waals surface area contributed by atoms with Crippen molar-refractivity contribution in [2.24, 2.45) is 0 Å². The molecule has 0 aliphatic rings. The molecule has 21 heavy (non-hydrogen) atoms. The molecule has 0 spiro atoms. The van der Waals surface area contributed by atoms with Crippen LogP contribution in [-0.2, 0) is 12.8 Å². The highest BCUT2D eigenvalue weighted by molar-refractivity contribution is 7.14. The lowest BCUT2D eigenvalue weighted by atomic mass is 10.1. The predicted molar refractivity (Wildman–Crippen MR) is 89.9 cm³/mol. The van der Waals surface area contributed by atoms with E-state index in [1.165, 1.54) is 9.75 Å². The SMILES string of the molecule is CCc1ccc(C(=O)CCCC(=O)c2ccc(CC)s2)s1. The van der Waals surface area contributed by atoms with Gasteiger partial charge in [-0.05, 0) is 43.5 Å². The number of carbonyl (C=O) groups is 2. The molecule has 0 aliphatic carbocycles. The Bertz CT molecular complexity index is 568. The molecule has 0 atom stereocenters. The van der Waals surface area contributed by atoms with Crippen molar-refractivity contribution in [2.75, 3.05) is 0 Å². The smallest absolute Gasteiger partial charge is 0.172 e. The number of ketones is 2. The maximum absolute atomic E-state index is 12.0. The molecule has 0 N–H and O–H groups in total. The number of hydrogen-bond donors (Lipinski definition) is 0. The summed E-state index contributed by atoms with van der Waals surface area (Å²) < 4.78 is 0. The Labute approximate surface area is 133 Å². The van der Waals surface area contributed by atoms with E-state index in [0.717, 1.165) is 22.6 Å². The fraction of sp³-hybridized carbons (Fsp3) is 0.412.